The number of rotatable bonds is 3. The number of halogens is 4. The Balaban J connectivity index is 1.78. The van der Waals surface area contributed by atoms with Crippen molar-refractivity contribution in [3.63, 3.8) is 0 Å². The van der Waals surface area contributed by atoms with Crippen LogP contribution in [-0.2, 0) is 11.0 Å². The summed E-state index contributed by atoms with van der Waals surface area (Å²) < 4.78 is 55.6. The zero-order valence-electron chi connectivity index (χ0n) is 13.1. The fourth-order valence-electron chi connectivity index (χ4n) is 2.40. The molecule has 2 aromatic rings. The first-order valence-electron chi connectivity index (χ1n) is 7.58. The molecule has 0 spiro atoms. The number of benzene rings is 1. The van der Waals surface area contributed by atoms with Crippen LogP contribution < -0.4 is 5.43 Å². The molecular weight excluding hydrogens is 360 g/mol. The predicted molar refractivity (Wildman–Crippen MR) is 77.7 cm³/mol. The van der Waals surface area contributed by atoms with Crippen molar-refractivity contribution in [1.29, 1.82) is 0 Å². The predicted octanol–water partition coefficient (Wildman–Crippen LogP) is 2.55. The van der Waals surface area contributed by atoms with Gasteiger partial charge in [-0.2, -0.15) is 18.2 Å². The molecule has 1 saturated heterocycles. The summed E-state index contributed by atoms with van der Waals surface area (Å²) >= 11 is 0. The maximum atomic E-state index is 14.2. The van der Waals surface area contributed by atoms with Gasteiger partial charge in [-0.15, -0.1) is 0 Å². The number of hydrogen-bond donors (Lipinski definition) is 1. The van der Waals surface area contributed by atoms with Crippen LogP contribution in [0, 0.1) is 5.82 Å². The number of nitrogens with zero attached hydrogens (tertiary/aromatic N) is 3. The molecule has 1 aromatic carbocycles. The average Bonchev–Trinajstić information content (AvgIpc) is 3.07. The lowest BCUT2D eigenvalue weighted by Gasteiger charge is -2.26. The quantitative estimate of drug-likeness (QED) is 0.837. The molecule has 0 bridgehead atoms. The van der Waals surface area contributed by atoms with E-state index in [9.17, 15) is 27.2 Å². The molecule has 2 amide bonds. The van der Waals surface area contributed by atoms with Gasteiger partial charge in [-0.05, 0) is 31.0 Å². The number of nitrogens with one attached hydrogen (secondary N) is 1. The van der Waals surface area contributed by atoms with Crippen LogP contribution in [-0.4, -0.2) is 33.5 Å². The molecule has 0 saturated carbocycles. The number of aromatic nitrogens is 2. The van der Waals surface area contributed by atoms with Crippen LogP contribution in [0.4, 0.5) is 17.6 Å². The van der Waals surface area contributed by atoms with Gasteiger partial charge in [-0.1, -0.05) is 5.16 Å². The van der Waals surface area contributed by atoms with Crippen molar-refractivity contribution in [3.05, 3.63) is 35.5 Å². The first kappa shape index (κ1) is 17.8. The third kappa shape index (κ3) is 3.65. The van der Waals surface area contributed by atoms with Gasteiger partial charge in [-0.3, -0.25) is 20.0 Å². The third-order valence-electron chi connectivity index (χ3n) is 3.70. The van der Waals surface area contributed by atoms with Gasteiger partial charge >= 0.3 is 12.1 Å². The van der Waals surface area contributed by atoms with Crippen LogP contribution in [0.1, 0.15) is 35.5 Å². The van der Waals surface area contributed by atoms with Crippen molar-refractivity contribution in [3.8, 4) is 11.4 Å². The minimum Gasteiger partial charge on any atom is -0.329 e. The molecule has 1 aromatic heterocycles. The van der Waals surface area contributed by atoms with E-state index in [1.165, 1.54) is 6.07 Å². The smallest absolute Gasteiger partial charge is 0.329 e. The molecule has 1 aliphatic rings. The van der Waals surface area contributed by atoms with Crippen molar-refractivity contribution in [2.24, 2.45) is 0 Å². The monoisotopic (exact) mass is 372 g/mol. The fourth-order valence-corrected chi connectivity index (χ4v) is 2.40. The largest absolute Gasteiger partial charge is 0.471 e. The lowest BCUT2D eigenvalue weighted by atomic mass is 10.1. The standard InChI is InChI=1S/C15H12F4N4O3/c16-10-7-8(13(25)21-23-6-2-1-3-11(23)24)4-5-9(10)12-20-14(26-22-12)15(17,18)19/h4-5,7H,1-3,6H2,(H,21,25). The topological polar surface area (TPSA) is 88.3 Å². The number of hydrogen-bond acceptors (Lipinski definition) is 5. The second-order valence-corrected chi connectivity index (χ2v) is 5.56. The highest BCUT2D eigenvalue weighted by Crippen LogP contribution is 2.30. The summed E-state index contributed by atoms with van der Waals surface area (Å²) in [6, 6.07) is 3.07. The van der Waals surface area contributed by atoms with E-state index in [1.807, 2.05) is 0 Å². The molecule has 0 aliphatic carbocycles. The fraction of sp³-hybridized carbons (Fsp3) is 0.333. The molecule has 7 nitrogen and oxygen atoms in total. The Morgan fingerprint density at radius 1 is 1.27 bits per heavy atom. The van der Waals surface area contributed by atoms with Gasteiger partial charge in [0.25, 0.3) is 5.91 Å². The minimum atomic E-state index is -4.84. The zero-order chi connectivity index (χ0) is 18.9. The zero-order valence-corrected chi connectivity index (χ0v) is 13.1. The lowest BCUT2D eigenvalue weighted by Crippen LogP contribution is -2.48. The number of amides is 2. The van der Waals surface area contributed by atoms with Gasteiger partial charge in [0.2, 0.25) is 11.7 Å². The Hall–Kier alpha value is -2.98. The Morgan fingerprint density at radius 2 is 2.04 bits per heavy atom. The molecule has 0 radical (unpaired) electrons. The Kier molecular flexibility index (Phi) is 4.62. The maximum absolute atomic E-state index is 14.2. The molecule has 1 aliphatic heterocycles. The van der Waals surface area contributed by atoms with Crippen LogP contribution in [0.3, 0.4) is 0 Å². The van der Waals surface area contributed by atoms with Gasteiger partial charge < -0.3 is 4.52 Å². The summed E-state index contributed by atoms with van der Waals surface area (Å²) in [5.74, 6) is -4.15. The van der Waals surface area contributed by atoms with Gasteiger partial charge in [0.15, 0.2) is 0 Å². The number of carbonyl (C=O) groups excluding carboxylic acids is 2. The molecule has 138 valence electrons. The third-order valence-corrected chi connectivity index (χ3v) is 3.70. The number of piperidine rings is 1. The Bertz CT molecular complexity index is 850. The van der Waals surface area contributed by atoms with Gasteiger partial charge in [0, 0.05) is 18.5 Å². The van der Waals surface area contributed by atoms with Crippen LogP contribution in [0.25, 0.3) is 11.4 Å². The van der Waals surface area contributed by atoms with Crippen molar-refractivity contribution in [2.45, 2.75) is 25.4 Å². The van der Waals surface area contributed by atoms with Crippen LogP contribution in [0.2, 0.25) is 0 Å². The number of alkyl halides is 3. The second-order valence-electron chi connectivity index (χ2n) is 5.56. The second kappa shape index (κ2) is 6.73. The molecule has 0 unspecified atom stereocenters. The van der Waals surface area contributed by atoms with E-state index in [-0.39, 0.29) is 17.0 Å². The average molecular weight is 372 g/mol. The van der Waals surface area contributed by atoms with Gasteiger partial charge in [-0.25, -0.2) is 4.39 Å². The minimum absolute atomic E-state index is 0.107. The van der Waals surface area contributed by atoms with E-state index < -0.39 is 29.6 Å². The summed E-state index contributed by atoms with van der Waals surface area (Å²) in [5, 5.41) is 4.25. The summed E-state index contributed by atoms with van der Waals surface area (Å²) in [4.78, 5) is 26.9. The molecule has 11 heteroatoms. The lowest BCUT2D eigenvalue weighted by molar-refractivity contribution is -0.159. The van der Waals surface area contributed by atoms with Crippen molar-refractivity contribution < 1.29 is 31.7 Å². The van der Waals surface area contributed by atoms with E-state index in [1.54, 1.807) is 0 Å². The Labute approximate surface area is 143 Å². The van der Waals surface area contributed by atoms with E-state index in [2.05, 4.69) is 20.1 Å². The van der Waals surface area contributed by atoms with Crippen LogP contribution in [0.15, 0.2) is 22.7 Å². The number of hydrazine groups is 1. The van der Waals surface area contributed by atoms with Crippen LogP contribution in [0.5, 0.6) is 0 Å². The maximum Gasteiger partial charge on any atom is 0.471 e. The first-order chi connectivity index (χ1) is 12.3. The van der Waals surface area contributed by atoms with Crippen molar-refractivity contribution in [2.75, 3.05) is 6.54 Å². The van der Waals surface area contributed by atoms with E-state index in [0.717, 1.165) is 30.0 Å². The van der Waals surface area contributed by atoms with Crippen LogP contribution >= 0.6 is 0 Å². The highest BCUT2D eigenvalue weighted by Gasteiger charge is 2.38. The molecule has 1 N–H and O–H groups in total. The van der Waals surface area contributed by atoms with Crippen molar-refractivity contribution >= 4 is 11.8 Å². The molecular formula is C15H12F4N4O3. The van der Waals surface area contributed by atoms with Gasteiger partial charge in [0.05, 0.1) is 5.56 Å². The number of carbonyl (C=O) groups is 2. The molecule has 0 atom stereocenters. The molecule has 2 heterocycles. The van der Waals surface area contributed by atoms with E-state index in [0.29, 0.717) is 13.0 Å². The summed E-state index contributed by atoms with van der Waals surface area (Å²) in [6.45, 7) is 0.355. The SMILES string of the molecule is O=C(NN1CCCCC1=O)c1ccc(-c2noc(C(F)(F)F)n2)c(F)c1. The highest BCUT2D eigenvalue weighted by atomic mass is 19.4. The van der Waals surface area contributed by atoms with E-state index in [4.69, 9.17) is 0 Å². The molecule has 26 heavy (non-hydrogen) atoms. The summed E-state index contributed by atoms with van der Waals surface area (Å²) in [5.41, 5.74) is 1.92. The normalized spacial score (nSPS) is 15.2. The molecule has 3 rings (SSSR count). The first-order valence-corrected chi connectivity index (χ1v) is 7.58. The van der Waals surface area contributed by atoms with E-state index >= 15 is 0 Å². The Morgan fingerprint density at radius 3 is 2.65 bits per heavy atom. The molecule has 1 fully saturated rings. The summed E-state index contributed by atoms with van der Waals surface area (Å²) in [7, 11) is 0. The van der Waals surface area contributed by atoms with Gasteiger partial charge in [0.1, 0.15) is 5.82 Å². The summed E-state index contributed by atoms with van der Waals surface area (Å²) in [6.07, 6.45) is -3.06. The van der Waals surface area contributed by atoms with Crippen molar-refractivity contribution in [1.82, 2.24) is 20.6 Å². The highest BCUT2D eigenvalue weighted by molar-refractivity contribution is 5.95.